The number of carbonyl (C=O) groups is 1. The molecule has 2 heterocycles. The molecule has 0 aliphatic carbocycles. The predicted octanol–water partition coefficient (Wildman–Crippen LogP) is 4.40. The van der Waals surface area contributed by atoms with E-state index in [1.54, 1.807) is 23.5 Å². The monoisotopic (exact) mass is 333 g/mol. The quantitative estimate of drug-likeness (QED) is 0.742. The third-order valence-corrected chi connectivity index (χ3v) is 4.87. The Morgan fingerprint density at radius 2 is 2.09 bits per heavy atom. The molecule has 112 valence electrons. The molecule has 5 nitrogen and oxygen atoms in total. The number of fused-ring (bicyclic) bond motifs is 1. The minimum Gasteiger partial charge on any atom is -0.478 e. The summed E-state index contributed by atoms with van der Waals surface area (Å²) in [5, 5.41) is 13.5. The van der Waals surface area contributed by atoms with Crippen LogP contribution in [0.3, 0.4) is 0 Å². The van der Waals surface area contributed by atoms with Crippen LogP contribution in [0.15, 0.2) is 24.5 Å². The molecule has 0 amide bonds. The van der Waals surface area contributed by atoms with E-state index in [1.807, 2.05) is 13.8 Å². The average molecular weight is 334 g/mol. The molecule has 0 bridgehead atoms. The molecule has 0 spiro atoms. The molecule has 3 rings (SSSR count). The maximum atomic E-state index is 11.2. The van der Waals surface area contributed by atoms with E-state index < -0.39 is 5.97 Å². The summed E-state index contributed by atoms with van der Waals surface area (Å²) < 4.78 is 0. The number of aryl methyl sites for hydroxylation is 2. The van der Waals surface area contributed by atoms with Crippen molar-refractivity contribution in [2.75, 3.05) is 5.32 Å². The van der Waals surface area contributed by atoms with Crippen molar-refractivity contribution in [2.24, 2.45) is 0 Å². The standard InChI is InChI=1S/C15H12ClN3O2S/c1-7-8(2)22-14-12(7)13(17-6-18-14)19-9-3-4-11(16)10(5-9)15(20)21/h3-6H,1-2H3,(H,20,21)(H,17,18,19). The number of nitrogens with one attached hydrogen (secondary N) is 1. The van der Waals surface area contributed by atoms with Gasteiger partial charge in [0, 0.05) is 10.6 Å². The van der Waals surface area contributed by atoms with Gasteiger partial charge in [-0.3, -0.25) is 0 Å². The van der Waals surface area contributed by atoms with Crippen molar-refractivity contribution in [2.45, 2.75) is 13.8 Å². The first-order valence-electron chi connectivity index (χ1n) is 6.48. The largest absolute Gasteiger partial charge is 0.478 e. The summed E-state index contributed by atoms with van der Waals surface area (Å²) in [6, 6.07) is 4.77. The zero-order valence-electron chi connectivity index (χ0n) is 11.8. The van der Waals surface area contributed by atoms with E-state index >= 15 is 0 Å². The smallest absolute Gasteiger partial charge is 0.337 e. The van der Waals surface area contributed by atoms with Gasteiger partial charge in [0.1, 0.15) is 17.0 Å². The van der Waals surface area contributed by atoms with Crippen molar-refractivity contribution in [1.29, 1.82) is 0 Å². The minimum absolute atomic E-state index is 0.0511. The molecule has 0 aliphatic rings. The van der Waals surface area contributed by atoms with Crippen molar-refractivity contribution in [1.82, 2.24) is 9.97 Å². The summed E-state index contributed by atoms with van der Waals surface area (Å²) in [5.74, 6) is -0.408. The van der Waals surface area contributed by atoms with E-state index in [2.05, 4.69) is 15.3 Å². The van der Waals surface area contributed by atoms with Crippen molar-refractivity contribution in [3.05, 3.63) is 45.6 Å². The van der Waals surface area contributed by atoms with Gasteiger partial charge in [0.05, 0.1) is 16.0 Å². The Balaban J connectivity index is 2.07. The van der Waals surface area contributed by atoms with Crippen molar-refractivity contribution in [3.63, 3.8) is 0 Å². The summed E-state index contributed by atoms with van der Waals surface area (Å²) >= 11 is 7.49. The Kier molecular flexibility index (Phi) is 3.72. The summed E-state index contributed by atoms with van der Waals surface area (Å²) in [6.07, 6.45) is 1.49. The van der Waals surface area contributed by atoms with Crippen LogP contribution in [-0.4, -0.2) is 21.0 Å². The summed E-state index contributed by atoms with van der Waals surface area (Å²) in [4.78, 5) is 21.8. The van der Waals surface area contributed by atoms with Crippen molar-refractivity contribution >= 4 is 50.6 Å². The zero-order valence-corrected chi connectivity index (χ0v) is 13.4. The lowest BCUT2D eigenvalue weighted by atomic mass is 10.2. The number of thiophene rings is 1. The molecule has 0 saturated heterocycles. The number of nitrogens with zero attached hydrogens (tertiary/aromatic N) is 2. The second kappa shape index (κ2) is 5.55. The number of carboxylic acids is 1. The molecule has 0 unspecified atom stereocenters. The number of rotatable bonds is 3. The number of carboxylic acid groups (broad SMARTS) is 1. The molecular formula is C15H12ClN3O2S. The molecule has 22 heavy (non-hydrogen) atoms. The first kappa shape index (κ1) is 14.7. The normalized spacial score (nSPS) is 10.9. The molecule has 2 aromatic heterocycles. The number of anilines is 2. The van der Waals surface area contributed by atoms with E-state index in [0.717, 1.165) is 15.8 Å². The highest BCUT2D eigenvalue weighted by atomic mass is 35.5. The number of aromatic nitrogens is 2. The van der Waals surface area contributed by atoms with E-state index in [0.29, 0.717) is 11.5 Å². The first-order chi connectivity index (χ1) is 10.5. The Morgan fingerprint density at radius 3 is 2.82 bits per heavy atom. The molecule has 0 radical (unpaired) electrons. The molecule has 7 heteroatoms. The fourth-order valence-corrected chi connectivity index (χ4v) is 3.38. The SMILES string of the molecule is Cc1sc2ncnc(Nc3ccc(Cl)c(C(=O)O)c3)c2c1C. The van der Waals surface area contributed by atoms with Gasteiger partial charge in [0.2, 0.25) is 0 Å². The Morgan fingerprint density at radius 1 is 1.32 bits per heavy atom. The van der Waals surface area contributed by atoms with Crippen LogP contribution >= 0.6 is 22.9 Å². The Bertz CT molecular complexity index is 892. The Labute approximate surface area is 135 Å². The molecular weight excluding hydrogens is 322 g/mol. The maximum absolute atomic E-state index is 11.2. The molecule has 0 aliphatic heterocycles. The van der Waals surface area contributed by atoms with E-state index in [4.69, 9.17) is 16.7 Å². The maximum Gasteiger partial charge on any atom is 0.337 e. The lowest BCUT2D eigenvalue weighted by Crippen LogP contribution is -2.00. The van der Waals surface area contributed by atoms with Crippen LogP contribution < -0.4 is 5.32 Å². The van der Waals surface area contributed by atoms with Crippen LogP contribution in [0.2, 0.25) is 5.02 Å². The first-order valence-corrected chi connectivity index (χ1v) is 7.67. The van der Waals surface area contributed by atoms with E-state index in [9.17, 15) is 4.79 Å². The lowest BCUT2D eigenvalue weighted by molar-refractivity contribution is 0.0697. The highest BCUT2D eigenvalue weighted by molar-refractivity contribution is 7.18. The van der Waals surface area contributed by atoms with E-state index in [-0.39, 0.29) is 10.6 Å². The fraction of sp³-hybridized carbons (Fsp3) is 0.133. The molecule has 0 saturated carbocycles. The second-order valence-electron chi connectivity index (χ2n) is 4.81. The third-order valence-electron chi connectivity index (χ3n) is 3.42. The summed E-state index contributed by atoms with van der Waals surface area (Å²) in [7, 11) is 0. The van der Waals surface area contributed by atoms with Crippen molar-refractivity contribution in [3.8, 4) is 0 Å². The van der Waals surface area contributed by atoms with Crippen molar-refractivity contribution < 1.29 is 9.90 Å². The third kappa shape index (κ3) is 2.51. The van der Waals surface area contributed by atoms with E-state index in [1.165, 1.54) is 17.3 Å². The minimum atomic E-state index is -1.07. The number of hydrogen-bond donors (Lipinski definition) is 2. The average Bonchev–Trinajstić information content (AvgIpc) is 2.77. The van der Waals surface area contributed by atoms with Gasteiger partial charge in [-0.15, -0.1) is 11.3 Å². The molecule has 3 aromatic rings. The lowest BCUT2D eigenvalue weighted by Gasteiger charge is -2.09. The zero-order chi connectivity index (χ0) is 15.9. The van der Waals surface area contributed by atoms with Crippen LogP contribution in [0.25, 0.3) is 10.2 Å². The number of halogens is 1. The molecule has 0 fully saturated rings. The van der Waals surface area contributed by atoms with Gasteiger partial charge >= 0.3 is 5.97 Å². The van der Waals surface area contributed by atoms with Crippen LogP contribution in [0.1, 0.15) is 20.8 Å². The molecule has 1 aromatic carbocycles. The van der Waals surface area contributed by atoms with Crippen LogP contribution in [0.5, 0.6) is 0 Å². The number of benzene rings is 1. The topological polar surface area (TPSA) is 75.1 Å². The summed E-state index contributed by atoms with van der Waals surface area (Å²) in [5.41, 5.74) is 1.79. The second-order valence-corrected chi connectivity index (χ2v) is 6.42. The highest BCUT2D eigenvalue weighted by Gasteiger charge is 2.14. The summed E-state index contributed by atoms with van der Waals surface area (Å²) in [6.45, 7) is 4.06. The Hall–Kier alpha value is -2.18. The van der Waals surface area contributed by atoms with Gasteiger partial charge in [-0.25, -0.2) is 14.8 Å². The number of hydrogen-bond acceptors (Lipinski definition) is 5. The highest BCUT2D eigenvalue weighted by Crippen LogP contribution is 2.34. The van der Waals surface area contributed by atoms with Crippen LogP contribution in [0.4, 0.5) is 11.5 Å². The molecule has 2 N–H and O–H groups in total. The van der Waals surface area contributed by atoms with Gasteiger partial charge in [-0.05, 0) is 37.6 Å². The molecule has 0 atom stereocenters. The predicted molar refractivity (Wildman–Crippen MR) is 88.6 cm³/mol. The van der Waals surface area contributed by atoms with Gasteiger partial charge in [0.25, 0.3) is 0 Å². The van der Waals surface area contributed by atoms with Gasteiger partial charge in [0.15, 0.2) is 0 Å². The van der Waals surface area contributed by atoms with Crippen LogP contribution in [-0.2, 0) is 0 Å². The van der Waals surface area contributed by atoms with Gasteiger partial charge < -0.3 is 10.4 Å². The van der Waals surface area contributed by atoms with Gasteiger partial charge in [-0.1, -0.05) is 11.6 Å². The number of aromatic carboxylic acids is 1. The van der Waals surface area contributed by atoms with Crippen LogP contribution in [0, 0.1) is 13.8 Å². The fourth-order valence-electron chi connectivity index (χ4n) is 2.18. The van der Waals surface area contributed by atoms with Gasteiger partial charge in [-0.2, -0.15) is 0 Å².